The van der Waals surface area contributed by atoms with Gasteiger partial charge in [0.1, 0.15) is 5.82 Å². The van der Waals surface area contributed by atoms with Gasteiger partial charge in [0.2, 0.25) is 0 Å². The van der Waals surface area contributed by atoms with Crippen molar-refractivity contribution in [3.63, 3.8) is 0 Å². The van der Waals surface area contributed by atoms with Gasteiger partial charge >= 0.3 is 0 Å². The Morgan fingerprint density at radius 1 is 1.06 bits per heavy atom. The smallest absolute Gasteiger partial charge is 0.251 e. The molecule has 0 unspecified atom stereocenters. The number of carbonyl (C=O) groups is 1. The van der Waals surface area contributed by atoms with Crippen LogP contribution in [0.3, 0.4) is 0 Å². The van der Waals surface area contributed by atoms with Gasteiger partial charge in [-0.05, 0) is 42.2 Å². The van der Waals surface area contributed by atoms with Crippen molar-refractivity contribution < 1.29 is 9.18 Å². The molecule has 0 aromatic heterocycles. The molecule has 4 nitrogen and oxygen atoms in total. The Kier molecular flexibility index (Phi) is 7.73. The summed E-state index contributed by atoms with van der Waals surface area (Å²) in [6.45, 7) is 13.8. The summed E-state index contributed by atoms with van der Waals surface area (Å²) in [6.07, 6.45) is 0. The number of benzene rings is 2. The summed E-state index contributed by atoms with van der Waals surface area (Å²) >= 11 is 5.91. The van der Waals surface area contributed by atoms with Gasteiger partial charge in [-0.25, -0.2) is 4.39 Å². The third kappa shape index (κ3) is 6.76. The summed E-state index contributed by atoms with van der Waals surface area (Å²) in [5.74, 6) is -0.400. The fraction of sp³-hybridized carbons (Fsp3) is 0.480. The SMILES string of the molecule is Cc1ccc(C(=O)N[C@@H](CN2CCN(Cc3ccc(F)c(Cl)c3)CC2)C(C)(C)C)cc1. The third-order valence-electron chi connectivity index (χ3n) is 5.96. The van der Waals surface area contributed by atoms with E-state index in [0.717, 1.165) is 50.4 Å². The molecular weight excluding hydrogens is 413 g/mol. The molecule has 2 aromatic rings. The molecule has 1 saturated heterocycles. The van der Waals surface area contributed by atoms with Crippen molar-refractivity contribution >= 4 is 17.5 Å². The second kappa shape index (κ2) is 10.1. The minimum atomic E-state index is -0.379. The van der Waals surface area contributed by atoms with Crippen LogP contribution in [-0.2, 0) is 6.54 Å². The second-order valence-corrected chi connectivity index (χ2v) is 9.99. The highest BCUT2D eigenvalue weighted by Crippen LogP contribution is 2.22. The fourth-order valence-corrected chi connectivity index (χ4v) is 3.97. The Balaban J connectivity index is 1.54. The molecule has 0 saturated carbocycles. The van der Waals surface area contributed by atoms with Crippen molar-refractivity contribution in [2.75, 3.05) is 32.7 Å². The lowest BCUT2D eigenvalue weighted by Crippen LogP contribution is -2.54. The standard InChI is InChI=1S/C25H33ClFN3O/c1-18-5-8-20(9-6-18)24(31)28-23(25(2,3)4)17-30-13-11-29(12-14-30)16-19-7-10-22(27)21(26)15-19/h5-10,15,23H,11-14,16-17H2,1-4H3,(H,28,31)/t23-/m0/s1. The zero-order chi connectivity index (χ0) is 22.6. The highest BCUT2D eigenvalue weighted by Gasteiger charge is 2.30. The second-order valence-electron chi connectivity index (χ2n) is 9.58. The molecule has 1 aliphatic rings. The van der Waals surface area contributed by atoms with Gasteiger partial charge in [-0.3, -0.25) is 14.6 Å². The summed E-state index contributed by atoms with van der Waals surface area (Å²) in [5.41, 5.74) is 2.81. The van der Waals surface area contributed by atoms with Crippen molar-refractivity contribution in [1.29, 1.82) is 0 Å². The Morgan fingerprint density at radius 3 is 2.26 bits per heavy atom. The van der Waals surface area contributed by atoms with Gasteiger partial charge in [-0.15, -0.1) is 0 Å². The Labute approximate surface area is 190 Å². The van der Waals surface area contributed by atoms with Crippen molar-refractivity contribution in [1.82, 2.24) is 15.1 Å². The number of piperazine rings is 1. The highest BCUT2D eigenvalue weighted by atomic mass is 35.5. The van der Waals surface area contributed by atoms with Crippen molar-refractivity contribution in [3.05, 3.63) is 70.0 Å². The maximum absolute atomic E-state index is 13.4. The summed E-state index contributed by atoms with van der Waals surface area (Å²) in [5, 5.41) is 3.43. The summed E-state index contributed by atoms with van der Waals surface area (Å²) in [7, 11) is 0. The maximum atomic E-state index is 13.4. The molecule has 1 fully saturated rings. The number of rotatable bonds is 6. The van der Waals surface area contributed by atoms with Crippen LogP contribution in [-0.4, -0.2) is 54.5 Å². The quantitative estimate of drug-likeness (QED) is 0.696. The van der Waals surface area contributed by atoms with Crippen LogP contribution in [0, 0.1) is 18.2 Å². The first-order valence-electron chi connectivity index (χ1n) is 10.9. The Bertz CT molecular complexity index is 887. The Morgan fingerprint density at radius 2 is 1.68 bits per heavy atom. The van der Waals surface area contributed by atoms with Crippen LogP contribution in [0.2, 0.25) is 5.02 Å². The van der Waals surface area contributed by atoms with Gasteiger partial charge < -0.3 is 5.32 Å². The molecule has 1 atom stereocenters. The molecule has 0 spiro atoms. The largest absolute Gasteiger partial charge is 0.347 e. The van der Waals surface area contributed by atoms with E-state index >= 15 is 0 Å². The molecule has 168 valence electrons. The summed E-state index contributed by atoms with van der Waals surface area (Å²) in [4.78, 5) is 17.6. The normalized spacial score (nSPS) is 16.8. The number of nitrogens with zero attached hydrogens (tertiary/aromatic N) is 2. The van der Waals surface area contributed by atoms with Crippen LogP contribution < -0.4 is 5.32 Å². The van der Waals surface area contributed by atoms with E-state index in [4.69, 9.17) is 11.6 Å². The zero-order valence-electron chi connectivity index (χ0n) is 18.9. The van der Waals surface area contributed by atoms with Gasteiger partial charge in [0.05, 0.1) is 5.02 Å². The van der Waals surface area contributed by atoms with Crippen LogP contribution in [0.4, 0.5) is 4.39 Å². The van der Waals surface area contributed by atoms with E-state index in [1.165, 1.54) is 6.07 Å². The first-order chi connectivity index (χ1) is 14.6. The first kappa shape index (κ1) is 23.7. The highest BCUT2D eigenvalue weighted by molar-refractivity contribution is 6.30. The van der Waals surface area contributed by atoms with Crippen LogP contribution in [0.15, 0.2) is 42.5 Å². The number of aryl methyl sites for hydroxylation is 1. The van der Waals surface area contributed by atoms with Crippen molar-refractivity contribution in [2.45, 2.75) is 40.3 Å². The lowest BCUT2D eigenvalue weighted by Gasteiger charge is -2.40. The summed E-state index contributed by atoms with van der Waals surface area (Å²) in [6, 6.07) is 12.7. The molecule has 1 aliphatic heterocycles. The number of amides is 1. The molecule has 31 heavy (non-hydrogen) atoms. The summed E-state index contributed by atoms with van der Waals surface area (Å²) < 4.78 is 13.4. The van der Waals surface area contributed by atoms with Crippen LogP contribution in [0.1, 0.15) is 42.3 Å². The van der Waals surface area contributed by atoms with Gasteiger partial charge in [-0.2, -0.15) is 0 Å². The monoisotopic (exact) mass is 445 g/mol. The van der Waals surface area contributed by atoms with Gasteiger partial charge in [0, 0.05) is 50.9 Å². The van der Waals surface area contributed by atoms with Gasteiger partial charge in [0.15, 0.2) is 0 Å². The number of carbonyl (C=O) groups excluding carboxylic acids is 1. The van der Waals surface area contributed by atoms with E-state index in [0.29, 0.717) is 5.56 Å². The average Bonchev–Trinajstić information content (AvgIpc) is 2.71. The predicted octanol–water partition coefficient (Wildman–Crippen LogP) is 4.75. The number of hydrogen-bond acceptors (Lipinski definition) is 3. The Hall–Kier alpha value is -1.95. The molecule has 1 amide bonds. The van der Waals surface area contributed by atoms with Crippen LogP contribution >= 0.6 is 11.6 Å². The number of halogens is 2. The molecule has 3 rings (SSSR count). The molecule has 1 heterocycles. The number of nitrogens with one attached hydrogen (secondary N) is 1. The minimum absolute atomic E-state index is 0.0215. The van der Waals surface area contributed by atoms with E-state index in [1.807, 2.05) is 31.2 Å². The first-order valence-corrected chi connectivity index (χ1v) is 11.3. The van der Waals surface area contributed by atoms with Crippen molar-refractivity contribution in [3.8, 4) is 0 Å². The number of hydrogen-bond donors (Lipinski definition) is 1. The van der Waals surface area contributed by atoms with Crippen molar-refractivity contribution in [2.24, 2.45) is 5.41 Å². The van der Waals surface area contributed by atoms with E-state index < -0.39 is 0 Å². The molecule has 0 bridgehead atoms. The van der Waals surface area contributed by atoms with E-state index in [2.05, 4.69) is 35.9 Å². The van der Waals surface area contributed by atoms with Crippen LogP contribution in [0.5, 0.6) is 0 Å². The van der Waals surface area contributed by atoms with Crippen LogP contribution in [0.25, 0.3) is 0 Å². The average molecular weight is 446 g/mol. The van der Waals surface area contributed by atoms with Gasteiger partial charge in [0.25, 0.3) is 5.91 Å². The molecule has 0 aliphatic carbocycles. The van der Waals surface area contributed by atoms with E-state index in [-0.39, 0.29) is 28.2 Å². The molecule has 1 N–H and O–H groups in total. The van der Waals surface area contributed by atoms with E-state index in [1.54, 1.807) is 12.1 Å². The third-order valence-corrected chi connectivity index (χ3v) is 6.25. The molecular formula is C25H33ClFN3O. The molecule has 6 heteroatoms. The van der Waals surface area contributed by atoms with E-state index in [9.17, 15) is 9.18 Å². The van der Waals surface area contributed by atoms with Gasteiger partial charge in [-0.1, -0.05) is 56.1 Å². The lowest BCUT2D eigenvalue weighted by atomic mass is 9.86. The topological polar surface area (TPSA) is 35.6 Å². The predicted molar refractivity (Wildman–Crippen MR) is 125 cm³/mol. The lowest BCUT2D eigenvalue weighted by molar-refractivity contribution is 0.0790. The zero-order valence-corrected chi connectivity index (χ0v) is 19.7. The fourth-order valence-electron chi connectivity index (χ4n) is 3.77. The molecule has 0 radical (unpaired) electrons. The maximum Gasteiger partial charge on any atom is 0.251 e. The minimum Gasteiger partial charge on any atom is -0.347 e. The molecule has 2 aromatic carbocycles.